The van der Waals surface area contributed by atoms with E-state index < -0.39 is 10.0 Å². The average molecular weight is 357 g/mol. The van der Waals surface area contributed by atoms with E-state index in [9.17, 15) is 8.42 Å². The van der Waals surface area contributed by atoms with Gasteiger partial charge < -0.3 is 0 Å². The Balaban J connectivity index is 2.43. The molecule has 98 valence electrons. The van der Waals surface area contributed by atoms with Crippen molar-refractivity contribution in [3.8, 4) is 6.07 Å². The van der Waals surface area contributed by atoms with E-state index in [4.69, 9.17) is 5.26 Å². The number of halogens is 1. The van der Waals surface area contributed by atoms with Crippen molar-refractivity contribution < 1.29 is 8.42 Å². The van der Waals surface area contributed by atoms with E-state index >= 15 is 0 Å². The predicted octanol–water partition coefficient (Wildman–Crippen LogP) is 3.49. The lowest BCUT2D eigenvalue weighted by Gasteiger charge is -2.08. The van der Waals surface area contributed by atoms with E-state index in [1.165, 1.54) is 11.3 Å². The van der Waals surface area contributed by atoms with Crippen LogP contribution in [0.25, 0.3) is 0 Å². The number of benzene rings is 1. The van der Waals surface area contributed by atoms with E-state index in [-0.39, 0.29) is 16.1 Å². The number of nitriles is 1. The van der Waals surface area contributed by atoms with Crippen molar-refractivity contribution in [2.24, 2.45) is 0 Å². The predicted molar refractivity (Wildman–Crippen MR) is 78.7 cm³/mol. The van der Waals surface area contributed by atoms with Crippen molar-refractivity contribution in [2.45, 2.75) is 11.8 Å². The summed E-state index contributed by atoms with van der Waals surface area (Å²) < 4.78 is 27.7. The summed E-state index contributed by atoms with van der Waals surface area (Å²) in [4.78, 5) is 0.908. The molecule has 0 saturated heterocycles. The van der Waals surface area contributed by atoms with Crippen molar-refractivity contribution >= 4 is 43.0 Å². The summed E-state index contributed by atoms with van der Waals surface area (Å²) in [7, 11) is -3.68. The van der Waals surface area contributed by atoms with Crippen molar-refractivity contribution in [3.63, 3.8) is 0 Å². The Morgan fingerprint density at radius 2 is 2.05 bits per heavy atom. The van der Waals surface area contributed by atoms with Crippen molar-refractivity contribution in [1.29, 1.82) is 5.26 Å². The van der Waals surface area contributed by atoms with Gasteiger partial charge in [-0.15, -0.1) is 11.3 Å². The molecule has 1 N–H and O–H groups in total. The number of hydrogen-bond acceptors (Lipinski definition) is 4. The van der Waals surface area contributed by atoms with Crippen LogP contribution in [0.3, 0.4) is 0 Å². The molecule has 0 aliphatic heterocycles. The Hall–Kier alpha value is -1.36. The Bertz CT molecular complexity index is 760. The summed E-state index contributed by atoms with van der Waals surface area (Å²) in [6.45, 7) is 1.74. The lowest BCUT2D eigenvalue weighted by atomic mass is 10.2. The standard InChI is InChI=1S/C12H9BrN2O2S2/c1-8-11(6-12(13)18-8)19(16,17)15-10-5-3-2-4-9(10)7-14/h2-6,15H,1H3. The highest BCUT2D eigenvalue weighted by molar-refractivity contribution is 9.11. The fourth-order valence-electron chi connectivity index (χ4n) is 1.57. The minimum atomic E-state index is -3.68. The topological polar surface area (TPSA) is 70.0 Å². The van der Waals surface area contributed by atoms with Crippen LogP contribution in [0.2, 0.25) is 0 Å². The Kier molecular flexibility index (Phi) is 3.94. The van der Waals surface area contributed by atoms with Gasteiger partial charge in [0, 0.05) is 4.88 Å². The number of anilines is 1. The molecule has 0 spiro atoms. The van der Waals surface area contributed by atoms with E-state index in [0.717, 1.165) is 3.79 Å². The molecule has 0 saturated carbocycles. The number of thiophene rings is 1. The fourth-order valence-corrected chi connectivity index (χ4v) is 5.06. The van der Waals surface area contributed by atoms with E-state index in [2.05, 4.69) is 20.7 Å². The van der Waals surface area contributed by atoms with Crippen LogP contribution in [0, 0.1) is 18.3 Å². The van der Waals surface area contributed by atoms with Crippen LogP contribution in [0.5, 0.6) is 0 Å². The molecule has 0 amide bonds. The molecule has 0 unspecified atom stereocenters. The Labute approximate surface area is 123 Å². The maximum absolute atomic E-state index is 12.3. The largest absolute Gasteiger partial charge is 0.278 e. The van der Waals surface area contributed by atoms with Gasteiger partial charge in [0.05, 0.1) is 15.0 Å². The third-order valence-corrected chi connectivity index (χ3v) is 5.60. The monoisotopic (exact) mass is 356 g/mol. The smallest absolute Gasteiger partial charge is 0.263 e. The van der Waals surface area contributed by atoms with Gasteiger partial charge in [0.2, 0.25) is 0 Å². The maximum atomic E-state index is 12.3. The lowest BCUT2D eigenvalue weighted by molar-refractivity contribution is 0.601. The second kappa shape index (κ2) is 5.33. The van der Waals surface area contributed by atoms with Gasteiger partial charge >= 0.3 is 0 Å². The normalized spacial score (nSPS) is 11.0. The van der Waals surface area contributed by atoms with Gasteiger partial charge in [0.25, 0.3) is 10.0 Å². The van der Waals surface area contributed by atoms with Gasteiger partial charge in [0.1, 0.15) is 11.0 Å². The summed E-state index contributed by atoms with van der Waals surface area (Å²) in [6.07, 6.45) is 0. The first kappa shape index (κ1) is 14.1. The van der Waals surface area contributed by atoms with Gasteiger partial charge in [0.15, 0.2) is 0 Å². The molecule has 0 aliphatic carbocycles. The molecule has 1 aromatic heterocycles. The third kappa shape index (κ3) is 2.97. The zero-order chi connectivity index (χ0) is 14.0. The molecule has 0 bridgehead atoms. The molecule has 2 aromatic rings. The number of para-hydroxylation sites is 1. The van der Waals surface area contributed by atoms with Crippen LogP contribution in [0.15, 0.2) is 39.0 Å². The number of hydrogen-bond donors (Lipinski definition) is 1. The number of aryl methyl sites for hydroxylation is 1. The molecule has 19 heavy (non-hydrogen) atoms. The van der Waals surface area contributed by atoms with Crippen LogP contribution in [-0.2, 0) is 10.0 Å². The SMILES string of the molecule is Cc1sc(Br)cc1S(=O)(=O)Nc1ccccc1C#N. The first-order valence-electron chi connectivity index (χ1n) is 5.22. The lowest BCUT2D eigenvalue weighted by Crippen LogP contribution is -2.13. The van der Waals surface area contributed by atoms with Crippen LogP contribution in [0.4, 0.5) is 5.69 Å². The van der Waals surface area contributed by atoms with Crippen LogP contribution >= 0.6 is 27.3 Å². The van der Waals surface area contributed by atoms with Crippen molar-refractivity contribution in [3.05, 3.63) is 44.6 Å². The van der Waals surface area contributed by atoms with Gasteiger partial charge in [-0.1, -0.05) is 12.1 Å². The summed E-state index contributed by atoms with van der Waals surface area (Å²) in [5, 5.41) is 8.95. The van der Waals surface area contributed by atoms with Gasteiger partial charge in [-0.2, -0.15) is 5.26 Å². The molecule has 0 radical (unpaired) electrons. The van der Waals surface area contributed by atoms with Gasteiger partial charge in [-0.3, -0.25) is 4.72 Å². The highest BCUT2D eigenvalue weighted by Crippen LogP contribution is 2.31. The molecule has 2 rings (SSSR count). The number of sulfonamides is 1. The molecule has 0 atom stereocenters. The Morgan fingerprint density at radius 1 is 1.37 bits per heavy atom. The number of rotatable bonds is 3. The van der Waals surface area contributed by atoms with Gasteiger partial charge in [-0.25, -0.2) is 8.42 Å². The van der Waals surface area contributed by atoms with Crippen LogP contribution in [-0.4, -0.2) is 8.42 Å². The van der Waals surface area contributed by atoms with Crippen molar-refractivity contribution in [1.82, 2.24) is 0 Å². The first-order chi connectivity index (χ1) is 8.94. The summed E-state index contributed by atoms with van der Waals surface area (Å²) in [5.74, 6) is 0. The summed E-state index contributed by atoms with van der Waals surface area (Å²) in [5.41, 5.74) is 0.574. The zero-order valence-electron chi connectivity index (χ0n) is 9.84. The quantitative estimate of drug-likeness (QED) is 0.914. The van der Waals surface area contributed by atoms with E-state index in [1.54, 1.807) is 37.3 Å². The third-order valence-electron chi connectivity index (χ3n) is 2.42. The molecular formula is C12H9BrN2O2S2. The minimum Gasteiger partial charge on any atom is -0.278 e. The Morgan fingerprint density at radius 3 is 2.63 bits per heavy atom. The molecule has 0 fully saturated rings. The minimum absolute atomic E-state index is 0.220. The molecular weight excluding hydrogens is 348 g/mol. The van der Waals surface area contributed by atoms with E-state index in [0.29, 0.717) is 4.88 Å². The molecule has 4 nitrogen and oxygen atoms in total. The zero-order valence-corrected chi connectivity index (χ0v) is 13.1. The summed E-state index contributed by atoms with van der Waals surface area (Å²) >= 11 is 4.61. The first-order valence-corrected chi connectivity index (χ1v) is 8.31. The maximum Gasteiger partial charge on any atom is 0.263 e. The molecule has 1 aromatic carbocycles. The van der Waals surface area contributed by atoms with Crippen molar-refractivity contribution in [2.75, 3.05) is 4.72 Å². The number of nitrogens with one attached hydrogen (secondary N) is 1. The van der Waals surface area contributed by atoms with Gasteiger partial charge in [-0.05, 0) is 41.1 Å². The second-order valence-corrected chi connectivity index (χ2v) is 8.02. The van der Waals surface area contributed by atoms with Crippen LogP contribution < -0.4 is 4.72 Å². The van der Waals surface area contributed by atoms with E-state index in [1.807, 2.05) is 6.07 Å². The molecule has 0 aliphatic rings. The molecule has 1 heterocycles. The second-order valence-electron chi connectivity index (χ2n) is 3.73. The fraction of sp³-hybridized carbons (Fsp3) is 0.0833. The highest BCUT2D eigenvalue weighted by Gasteiger charge is 2.20. The highest BCUT2D eigenvalue weighted by atomic mass is 79.9. The number of nitrogens with zero attached hydrogens (tertiary/aromatic N) is 1. The average Bonchev–Trinajstić information content (AvgIpc) is 2.69. The molecule has 7 heteroatoms. The van der Waals surface area contributed by atoms with Crippen LogP contribution in [0.1, 0.15) is 10.4 Å². The summed E-state index contributed by atoms with van der Waals surface area (Å²) in [6, 6.07) is 9.99.